The molecule has 1 aromatic heterocycles. The number of aryl methyl sites for hydroxylation is 1. The number of hydrogen-bond acceptors (Lipinski definition) is 5. The van der Waals surface area contributed by atoms with Gasteiger partial charge in [-0.3, -0.25) is 9.97 Å². The summed E-state index contributed by atoms with van der Waals surface area (Å²) in [5.74, 6) is -1.08. The van der Waals surface area contributed by atoms with Crippen molar-refractivity contribution in [2.45, 2.75) is 24.8 Å². The number of carboxylic acid groups (broad SMARTS) is 1. The molecule has 0 unspecified atom stereocenters. The van der Waals surface area contributed by atoms with Crippen molar-refractivity contribution in [2.75, 3.05) is 6.54 Å². The summed E-state index contributed by atoms with van der Waals surface area (Å²) in [6.45, 7) is 2.08. The fourth-order valence-corrected chi connectivity index (χ4v) is 4.09. The molecule has 120 valence electrons. The van der Waals surface area contributed by atoms with Gasteiger partial charge >= 0.3 is 5.97 Å². The minimum Gasteiger partial charge on any atom is -0.478 e. The lowest BCUT2D eigenvalue weighted by molar-refractivity contribution is 0.0696. The highest BCUT2D eigenvalue weighted by Crippen LogP contribution is 2.24. The highest BCUT2D eigenvalue weighted by atomic mass is 32.2. The van der Waals surface area contributed by atoms with Gasteiger partial charge in [0.1, 0.15) is 0 Å². The number of carbonyl (C=O) groups is 1. The lowest BCUT2D eigenvalue weighted by Crippen LogP contribution is -2.36. The second-order valence-corrected chi connectivity index (χ2v) is 7.26. The number of aromatic nitrogens is 2. The van der Waals surface area contributed by atoms with E-state index >= 15 is 0 Å². The van der Waals surface area contributed by atoms with Gasteiger partial charge in [-0.05, 0) is 30.7 Å². The van der Waals surface area contributed by atoms with E-state index in [0.29, 0.717) is 24.2 Å². The number of carboxylic acids is 1. The first-order valence-electron chi connectivity index (χ1n) is 7.02. The minimum absolute atomic E-state index is 0.0901. The van der Waals surface area contributed by atoms with Crippen LogP contribution < -0.4 is 0 Å². The Labute approximate surface area is 133 Å². The molecule has 0 saturated carbocycles. The highest BCUT2D eigenvalue weighted by molar-refractivity contribution is 7.89. The van der Waals surface area contributed by atoms with Crippen molar-refractivity contribution in [1.82, 2.24) is 14.3 Å². The molecular formula is C15H15N3O4S. The van der Waals surface area contributed by atoms with Gasteiger partial charge in [0.15, 0.2) is 0 Å². The minimum atomic E-state index is -3.70. The number of nitrogens with zero attached hydrogens (tertiary/aromatic N) is 3. The van der Waals surface area contributed by atoms with Crippen LogP contribution in [0.25, 0.3) is 0 Å². The second kappa shape index (κ2) is 5.71. The Morgan fingerprint density at radius 1 is 1.22 bits per heavy atom. The van der Waals surface area contributed by atoms with Gasteiger partial charge in [0.2, 0.25) is 10.0 Å². The van der Waals surface area contributed by atoms with Gasteiger partial charge in [-0.25, -0.2) is 13.2 Å². The molecular weight excluding hydrogens is 318 g/mol. The quantitative estimate of drug-likeness (QED) is 0.907. The SMILES string of the molecule is Cc1cc(S(=O)(=O)N2CCc3nccnc3C2)ccc1C(=O)O. The van der Waals surface area contributed by atoms with Gasteiger partial charge in [0, 0.05) is 25.4 Å². The van der Waals surface area contributed by atoms with E-state index in [4.69, 9.17) is 5.11 Å². The average molecular weight is 333 g/mol. The zero-order chi connectivity index (χ0) is 16.6. The van der Waals surface area contributed by atoms with E-state index in [9.17, 15) is 13.2 Å². The van der Waals surface area contributed by atoms with Crippen molar-refractivity contribution in [1.29, 1.82) is 0 Å². The van der Waals surface area contributed by atoms with Crippen LogP contribution >= 0.6 is 0 Å². The third-order valence-corrected chi connectivity index (χ3v) is 5.69. The van der Waals surface area contributed by atoms with Crippen molar-refractivity contribution in [3.8, 4) is 0 Å². The van der Waals surface area contributed by atoms with E-state index in [1.54, 1.807) is 19.3 Å². The summed E-state index contributed by atoms with van der Waals surface area (Å²) in [7, 11) is -3.70. The maximum Gasteiger partial charge on any atom is 0.335 e. The predicted octanol–water partition coefficient (Wildman–Crippen LogP) is 1.23. The lowest BCUT2D eigenvalue weighted by Gasteiger charge is -2.26. The van der Waals surface area contributed by atoms with Crippen LogP contribution in [0.15, 0.2) is 35.5 Å². The molecule has 1 aliphatic heterocycles. The first-order chi connectivity index (χ1) is 10.9. The summed E-state index contributed by atoms with van der Waals surface area (Å²) in [6.07, 6.45) is 3.65. The molecule has 0 bridgehead atoms. The summed E-state index contributed by atoms with van der Waals surface area (Å²) in [6, 6.07) is 4.05. The molecule has 1 aromatic carbocycles. The average Bonchev–Trinajstić information content (AvgIpc) is 2.53. The Bertz CT molecular complexity index is 880. The van der Waals surface area contributed by atoms with Crippen molar-refractivity contribution in [2.24, 2.45) is 0 Å². The number of sulfonamides is 1. The Morgan fingerprint density at radius 2 is 1.91 bits per heavy atom. The molecule has 0 radical (unpaired) electrons. The second-order valence-electron chi connectivity index (χ2n) is 5.32. The first-order valence-corrected chi connectivity index (χ1v) is 8.46. The van der Waals surface area contributed by atoms with Crippen molar-refractivity contribution < 1.29 is 18.3 Å². The molecule has 0 amide bonds. The van der Waals surface area contributed by atoms with Crippen LogP contribution in [0, 0.1) is 6.92 Å². The molecule has 2 aromatic rings. The highest BCUT2D eigenvalue weighted by Gasteiger charge is 2.29. The Balaban J connectivity index is 1.94. The predicted molar refractivity (Wildman–Crippen MR) is 81.5 cm³/mol. The maximum atomic E-state index is 12.8. The Kier molecular flexibility index (Phi) is 3.87. The van der Waals surface area contributed by atoms with Crippen molar-refractivity contribution in [3.63, 3.8) is 0 Å². The lowest BCUT2D eigenvalue weighted by atomic mass is 10.1. The van der Waals surface area contributed by atoms with Gasteiger partial charge in [-0.2, -0.15) is 4.31 Å². The van der Waals surface area contributed by atoms with Gasteiger partial charge in [0.25, 0.3) is 0 Å². The molecule has 0 aliphatic carbocycles. The molecule has 0 spiro atoms. The molecule has 0 saturated heterocycles. The van der Waals surface area contributed by atoms with E-state index in [0.717, 1.165) is 5.69 Å². The number of benzene rings is 1. The molecule has 2 heterocycles. The Morgan fingerprint density at radius 3 is 2.57 bits per heavy atom. The zero-order valence-electron chi connectivity index (χ0n) is 12.4. The van der Waals surface area contributed by atoms with Crippen LogP contribution in [-0.4, -0.2) is 40.3 Å². The number of aromatic carboxylic acids is 1. The molecule has 0 fully saturated rings. The fraction of sp³-hybridized carbons (Fsp3) is 0.267. The van der Waals surface area contributed by atoms with Crippen LogP contribution in [-0.2, 0) is 23.0 Å². The monoisotopic (exact) mass is 333 g/mol. The standard InChI is InChI=1S/C15H15N3O4S/c1-10-8-11(2-3-12(10)15(19)20)23(21,22)18-7-4-13-14(9-18)17-6-5-16-13/h2-3,5-6,8H,4,7,9H2,1H3,(H,19,20). The largest absolute Gasteiger partial charge is 0.478 e. The zero-order valence-corrected chi connectivity index (χ0v) is 13.2. The van der Waals surface area contributed by atoms with Crippen LogP contribution in [0.1, 0.15) is 27.3 Å². The van der Waals surface area contributed by atoms with Crippen LogP contribution in [0.3, 0.4) is 0 Å². The first kappa shape index (κ1) is 15.6. The molecule has 0 atom stereocenters. The van der Waals surface area contributed by atoms with Gasteiger partial charge in [-0.15, -0.1) is 0 Å². The topological polar surface area (TPSA) is 100 Å². The third-order valence-electron chi connectivity index (χ3n) is 3.85. The normalized spacial score (nSPS) is 15.2. The number of hydrogen-bond donors (Lipinski definition) is 1. The summed E-state index contributed by atoms with van der Waals surface area (Å²) in [5.41, 5.74) is 1.98. The molecule has 3 rings (SSSR count). The smallest absolute Gasteiger partial charge is 0.335 e. The van der Waals surface area contributed by atoms with E-state index < -0.39 is 16.0 Å². The van der Waals surface area contributed by atoms with E-state index in [-0.39, 0.29) is 17.0 Å². The molecule has 7 nitrogen and oxygen atoms in total. The Hall–Kier alpha value is -2.32. The fourth-order valence-electron chi connectivity index (χ4n) is 2.60. The van der Waals surface area contributed by atoms with Gasteiger partial charge in [0.05, 0.1) is 28.4 Å². The molecule has 1 N–H and O–H groups in total. The van der Waals surface area contributed by atoms with Gasteiger partial charge < -0.3 is 5.11 Å². The van der Waals surface area contributed by atoms with E-state index in [1.807, 2.05) is 0 Å². The molecule has 1 aliphatic rings. The number of rotatable bonds is 3. The molecule has 23 heavy (non-hydrogen) atoms. The van der Waals surface area contributed by atoms with Crippen LogP contribution in [0.5, 0.6) is 0 Å². The van der Waals surface area contributed by atoms with E-state index in [1.165, 1.54) is 22.5 Å². The van der Waals surface area contributed by atoms with Crippen LogP contribution in [0.4, 0.5) is 0 Å². The number of fused-ring (bicyclic) bond motifs is 1. The summed E-state index contributed by atoms with van der Waals surface area (Å²) in [4.78, 5) is 19.5. The maximum absolute atomic E-state index is 12.8. The third kappa shape index (κ3) is 2.82. The summed E-state index contributed by atoms with van der Waals surface area (Å²) >= 11 is 0. The van der Waals surface area contributed by atoms with Crippen molar-refractivity contribution >= 4 is 16.0 Å². The molecule has 8 heteroatoms. The van der Waals surface area contributed by atoms with Crippen molar-refractivity contribution in [3.05, 3.63) is 53.1 Å². The van der Waals surface area contributed by atoms with E-state index in [2.05, 4.69) is 9.97 Å². The van der Waals surface area contributed by atoms with Crippen LogP contribution in [0.2, 0.25) is 0 Å². The summed E-state index contributed by atoms with van der Waals surface area (Å²) < 4.78 is 26.9. The van der Waals surface area contributed by atoms with Gasteiger partial charge in [-0.1, -0.05) is 0 Å². The summed E-state index contributed by atoms with van der Waals surface area (Å²) in [5, 5.41) is 9.04.